The van der Waals surface area contributed by atoms with E-state index in [1.54, 1.807) is 0 Å². The average molecular weight is 235 g/mol. The largest absolute Gasteiger partial charge is 0.313 e. The minimum absolute atomic E-state index is 0.0237. The Morgan fingerprint density at radius 1 is 1.40 bits per heavy atom. The van der Waals surface area contributed by atoms with Crippen LogP contribution in [0.15, 0.2) is 0 Å². The van der Waals surface area contributed by atoms with Crippen LogP contribution in [0.5, 0.6) is 0 Å². The van der Waals surface area contributed by atoms with Crippen molar-refractivity contribution in [2.45, 2.75) is 45.2 Å². The van der Waals surface area contributed by atoms with Gasteiger partial charge in [0, 0.05) is 25.2 Å². The standard InChI is InChI=1S/C9H21N3O2S/c1-3-6-11-15(13,14)12-9-5-4-8(2)10-7-9/h8-12H,3-7H2,1-2H3. The van der Waals surface area contributed by atoms with Crippen LogP contribution in [0.2, 0.25) is 0 Å². The summed E-state index contributed by atoms with van der Waals surface area (Å²) in [5.41, 5.74) is 0. The van der Waals surface area contributed by atoms with Crippen LogP contribution in [0.25, 0.3) is 0 Å². The van der Waals surface area contributed by atoms with Crippen molar-refractivity contribution in [2.24, 2.45) is 0 Å². The molecule has 1 aliphatic heterocycles. The van der Waals surface area contributed by atoms with Crippen LogP contribution in [0.1, 0.15) is 33.1 Å². The molecule has 2 unspecified atom stereocenters. The smallest absolute Gasteiger partial charge is 0.277 e. The maximum Gasteiger partial charge on any atom is 0.277 e. The van der Waals surface area contributed by atoms with Crippen LogP contribution in [0.3, 0.4) is 0 Å². The Labute approximate surface area is 92.2 Å². The third-order valence-corrected chi connectivity index (χ3v) is 3.75. The van der Waals surface area contributed by atoms with Gasteiger partial charge in [0.25, 0.3) is 10.2 Å². The van der Waals surface area contributed by atoms with Crippen LogP contribution in [-0.2, 0) is 10.2 Å². The van der Waals surface area contributed by atoms with Crippen molar-refractivity contribution in [2.75, 3.05) is 13.1 Å². The van der Waals surface area contributed by atoms with Gasteiger partial charge in [-0.05, 0) is 26.2 Å². The fraction of sp³-hybridized carbons (Fsp3) is 1.00. The number of piperidine rings is 1. The van der Waals surface area contributed by atoms with Gasteiger partial charge in [0.1, 0.15) is 0 Å². The molecule has 6 heteroatoms. The summed E-state index contributed by atoms with van der Waals surface area (Å²) in [4.78, 5) is 0. The van der Waals surface area contributed by atoms with Gasteiger partial charge in [0.15, 0.2) is 0 Å². The number of nitrogens with one attached hydrogen (secondary N) is 3. The van der Waals surface area contributed by atoms with E-state index >= 15 is 0 Å². The summed E-state index contributed by atoms with van der Waals surface area (Å²) in [6.45, 7) is 5.26. The molecule has 3 N–H and O–H groups in total. The molecule has 0 saturated carbocycles. The summed E-state index contributed by atoms with van der Waals surface area (Å²) in [6, 6.07) is 0.518. The Kier molecular flexibility index (Phi) is 4.98. The SMILES string of the molecule is CCCNS(=O)(=O)NC1CCC(C)NC1. The lowest BCUT2D eigenvalue weighted by molar-refractivity contribution is 0.365. The molecular formula is C9H21N3O2S. The van der Waals surface area contributed by atoms with Gasteiger partial charge in [-0.2, -0.15) is 13.1 Å². The summed E-state index contributed by atoms with van der Waals surface area (Å²) in [5, 5.41) is 3.26. The van der Waals surface area contributed by atoms with Gasteiger partial charge in [-0.1, -0.05) is 6.92 Å². The molecule has 0 spiro atoms. The molecule has 0 aromatic carbocycles. The predicted octanol–water partition coefficient (Wildman–Crippen LogP) is -0.0391. The lowest BCUT2D eigenvalue weighted by atomic mass is 10.0. The van der Waals surface area contributed by atoms with Gasteiger partial charge < -0.3 is 5.32 Å². The Balaban J connectivity index is 2.34. The molecule has 0 amide bonds. The van der Waals surface area contributed by atoms with E-state index in [0.29, 0.717) is 19.1 Å². The average Bonchev–Trinajstić information content (AvgIpc) is 2.18. The zero-order valence-corrected chi connectivity index (χ0v) is 10.2. The molecule has 15 heavy (non-hydrogen) atoms. The van der Waals surface area contributed by atoms with E-state index in [1.807, 2.05) is 6.92 Å². The second-order valence-corrected chi connectivity index (χ2v) is 5.63. The molecule has 1 aliphatic rings. The molecule has 0 aromatic rings. The molecule has 0 radical (unpaired) electrons. The number of hydrogen-bond donors (Lipinski definition) is 3. The lowest BCUT2D eigenvalue weighted by Gasteiger charge is -2.28. The Morgan fingerprint density at radius 3 is 2.67 bits per heavy atom. The Hall–Kier alpha value is -0.170. The first-order chi connectivity index (χ1) is 7.03. The van der Waals surface area contributed by atoms with Crippen molar-refractivity contribution in [1.82, 2.24) is 14.8 Å². The number of rotatable bonds is 5. The van der Waals surface area contributed by atoms with Gasteiger partial charge in [-0.3, -0.25) is 0 Å². The highest BCUT2D eigenvalue weighted by Crippen LogP contribution is 2.07. The summed E-state index contributed by atoms with van der Waals surface area (Å²) in [5.74, 6) is 0. The van der Waals surface area contributed by atoms with Crippen molar-refractivity contribution in [3.63, 3.8) is 0 Å². The quantitative estimate of drug-likeness (QED) is 0.626. The van der Waals surface area contributed by atoms with E-state index in [4.69, 9.17) is 0 Å². The van der Waals surface area contributed by atoms with Crippen LogP contribution in [0.4, 0.5) is 0 Å². The molecule has 0 aliphatic carbocycles. The van der Waals surface area contributed by atoms with Gasteiger partial charge in [-0.15, -0.1) is 0 Å². The second-order valence-electron chi connectivity index (χ2n) is 4.10. The summed E-state index contributed by atoms with van der Waals surface area (Å²) < 4.78 is 28.1. The molecule has 90 valence electrons. The van der Waals surface area contributed by atoms with Gasteiger partial charge in [0.2, 0.25) is 0 Å². The maximum absolute atomic E-state index is 11.5. The Morgan fingerprint density at radius 2 is 2.13 bits per heavy atom. The molecular weight excluding hydrogens is 214 g/mol. The van der Waals surface area contributed by atoms with Crippen LogP contribution < -0.4 is 14.8 Å². The topological polar surface area (TPSA) is 70.2 Å². The molecule has 1 rings (SSSR count). The van der Waals surface area contributed by atoms with Crippen LogP contribution in [-0.4, -0.2) is 33.6 Å². The molecule has 0 bridgehead atoms. The monoisotopic (exact) mass is 235 g/mol. The van der Waals surface area contributed by atoms with Gasteiger partial charge in [0.05, 0.1) is 0 Å². The third-order valence-electron chi connectivity index (χ3n) is 2.52. The lowest BCUT2D eigenvalue weighted by Crippen LogP contribution is -2.51. The molecule has 1 saturated heterocycles. The summed E-state index contributed by atoms with van der Waals surface area (Å²) >= 11 is 0. The molecule has 5 nitrogen and oxygen atoms in total. The van der Waals surface area contributed by atoms with E-state index in [-0.39, 0.29) is 6.04 Å². The van der Waals surface area contributed by atoms with E-state index in [9.17, 15) is 8.42 Å². The fourth-order valence-electron chi connectivity index (χ4n) is 1.60. The molecule has 0 aromatic heterocycles. The first-order valence-corrected chi connectivity index (χ1v) is 7.02. The second kappa shape index (κ2) is 5.79. The maximum atomic E-state index is 11.5. The summed E-state index contributed by atoms with van der Waals surface area (Å²) in [7, 11) is -3.30. The molecule has 1 fully saturated rings. The minimum atomic E-state index is -3.30. The van der Waals surface area contributed by atoms with E-state index in [1.165, 1.54) is 0 Å². The zero-order valence-electron chi connectivity index (χ0n) is 9.41. The summed E-state index contributed by atoms with van der Waals surface area (Å²) in [6.07, 6.45) is 2.73. The molecule has 1 heterocycles. The fourth-order valence-corrected chi connectivity index (χ4v) is 2.79. The first-order valence-electron chi connectivity index (χ1n) is 5.54. The highest BCUT2D eigenvalue weighted by atomic mass is 32.2. The van der Waals surface area contributed by atoms with Gasteiger partial charge >= 0.3 is 0 Å². The zero-order chi connectivity index (χ0) is 11.3. The van der Waals surface area contributed by atoms with Crippen molar-refractivity contribution in [1.29, 1.82) is 0 Å². The normalized spacial score (nSPS) is 27.9. The van der Waals surface area contributed by atoms with Gasteiger partial charge in [-0.25, -0.2) is 4.72 Å². The van der Waals surface area contributed by atoms with E-state index in [2.05, 4.69) is 21.7 Å². The first kappa shape index (κ1) is 12.9. The number of hydrogen-bond acceptors (Lipinski definition) is 3. The van der Waals surface area contributed by atoms with Crippen molar-refractivity contribution in [3.8, 4) is 0 Å². The van der Waals surface area contributed by atoms with E-state index in [0.717, 1.165) is 19.3 Å². The predicted molar refractivity (Wildman–Crippen MR) is 60.8 cm³/mol. The van der Waals surface area contributed by atoms with Crippen molar-refractivity contribution in [3.05, 3.63) is 0 Å². The highest BCUT2D eigenvalue weighted by Gasteiger charge is 2.21. The van der Waals surface area contributed by atoms with Crippen LogP contribution >= 0.6 is 0 Å². The highest BCUT2D eigenvalue weighted by molar-refractivity contribution is 7.87. The van der Waals surface area contributed by atoms with E-state index < -0.39 is 10.2 Å². The third kappa shape index (κ3) is 4.92. The van der Waals surface area contributed by atoms with Crippen molar-refractivity contribution < 1.29 is 8.42 Å². The van der Waals surface area contributed by atoms with Crippen LogP contribution in [0, 0.1) is 0 Å². The minimum Gasteiger partial charge on any atom is -0.313 e. The molecule has 2 atom stereocenters. The Bertz CT molecular complexity index is 271. The van der Waals surface area contributed by atoms with Crippen molar-refractivity contribution >= 4 is 10.2 Å².